The van der Waals surface area contributed by atoms with Gasteiger partial charge in [0, 0.05) is 13.1 Å². The molecule has 0 saturated heterocycles. The number of rotatable bonds is 5. The second-order valence-corrected chi connectivity index (χ2v) is 8.45. The Morgan fingerprint density at radius 3 is 2.85 bits per heavy atom. The first-order valence-corrected chi connectivity index (χ1v) is 10.7. The van der Waals surface area contributed by atoms with Gasteiger partial charge in [0.25, 0.3) is 5.91 Å². The fourth-order valence-electron chi connectivity index (χ4n) is 3.10. The van der Waals surface area contributed by atoms with Crippen molar-refractivity contribution in [2.45, 2.75) is 38.1 Å². The minimum absolute atomic E-state index is 0.0161. The number of benzene rings is 1. The van der Waals surface area contributed by atoms with E-state index in [0.717, 1.165) is 23.1 Å². The van der Waals surface area contributed by atoms with Crippen LogP contribution in [0.25, 0.3) is 10.2 Å². The fraction of sp³-hybridized carbons (Fsp3) is 0.500. The number of hydrogen-bond acceptors (Lipinski definition) is 4. The Hall–Kier alpha value is -1.67. The molecule has 1 aliphatic carbocycles. The molecule has 0 radical (unpaired) electrons. The van der Waals surface area contributed by atoms with Gasteiger partial charge in [0.05, 0.1) is 21.7 Å². The molecule has 8 heteroatoms. The summed E-state index contributed by atoms with van der Waals surface area (Å²) in [7, 11) is 1.80. The molecule has 1 N–H and O–H groups in total. The van der Waals surface area contributed by atoms with Gasteiger partial charge >= 0.3 is 0 Å². The highest BCUT2D eigenvalue weighted by Crippen LogP contribution is 2.18. The van der Waals surface area contributed by atoms with Crippen LogP contribution >= 0.6 is 23.1 Å². The van der Waals surface area contributed by atoms with E-state index in [2.05, 4.69) is 10.3 Å². The SMILES string of the molecule is Cn1c(=NC(=O)CSCC(=O)NC2CCCCC2)sc2cc(F)ccc21. The van der Waals surface area contributed by atoms with Crippen molar-refractivity contribution in [2.24, 2.45) is 12.0 Å². The van der Waals surface area contributed by atoms with E-state index >= 15 is 0 Å². The quantitative estimate of drug-likeness (QED) is 0.847. The molecule has 2 aromatic rings. The molecule has 0 atom stereocenters. The van der Waals surface area contributed by atoms with Crippen LogP contribution in [0.4, 0.5) is 4.39 Å². The first-order chi connectivity index (χ1) is 12.5. The molecule has 1 saturated carbocycles. The number of carbonyl (C=O) groups is 2. The molecule has 0 bridgehead atoms. The summed E-state index contributed by atoms with van der Waals surface area (Å²) in [6.45, 7) is 0. The third-order valence-electron chi connectivity index (χ3n) is 4.42. The molecule has 1 aliphatic rings. The number of hydrogen-bond donors (Lipinski definition) is 1. The molecule has 1 heterocycles. The van der Waals surface area contributed by atoms with Crippen LogP contribution in [0.2, 0.25) is 0 Å². The lowest BCUT2D eigenvalue weighted by molar-refractivity contribution is -0.119. The Bertz CT molecular complexity index is 869. The predicted octanol–water partition coefficient (Wildman–Crippen LogP) is 2.99. The van der Waals surface area contributed by atoms with E-state index < -0.39 is 0 Å². The molecular formula is C18H22FN3O2S2. The highest BCUT2D eigenvalue weighted by Gasteiger charge is 2.15. The van der Waals surface area contributed by atoms with Crippen LogP contribution in [0.5, 0.6) is 0 Å². The molecule has 0 spiro atoms. The molecule has 1 fully saturated rings. The highest BCUT2D eigenvalue weighted by molar-refractivity contribution is 8.00. The molecule has 5 nitrogen and oxygen atoms in total. The Morgan fingerprint density at radius 1 is 1.31 bits per heavy atom. The summed E-state index contributed by atoms with van der Waals surface area (Å²) in [6, 6.07) is 4.79. The van der Waals surface area contributed by atoms with E-state index in [1.807, 2.05) is 0 Å². The van der Waals surface area contributed by atoms with Crippen LogP contribution in [0, 0.1) is 5.82 Å². The predicted molar refractivity (Wildman–Crippen MR) is 104 cm³/mol. The van der Waals surface area contributed by atoms with Crippen molar-refractivity contribution in [3.8, 4) is 0 Å². The van der Waals surface area contributed by atoms with Crippen molar-refractivity contribution >= 4 is 45.1 Å². The summed E-state index contributed by atoms with van der Waals surface area (Å²) in [4.78, 5) is 28.7. The van der Waals surface area contributed by atoms with Gasteiger partial charge in [-0.25, -0.2) is 4.39 Å². The Morgan fingerprint density at radius 2 is 2.08 bits per heavy atom. The van der Waals surface area contributed by atoms with Crippen LogP contribution < -0.4 is 10.1 Å². The van der Waals surface area contributed by atoms with Crippen LogP contribution in [0.1, 0.15) is 32.1 Å². The smallest absolute Gasteiger partial charge is 0.258 e. The fourth-order valence-corrected chi connectivity index (χ4v) is 4.77. The number of nitrogens with zero attached hydrogens (tertiary/aromatic N) is 2. The van der Waals surface area contributed by atoms with Crippen molar-refractivity contribution in [1.29, 1.82) is 0 Å². The Labute approximate surface area is 159 Å². The van der Waals surface area contributed by atoms with Crippen molar-refractivity contribution in [2.75, 3.05) is 11.5 Å². The maximum Gasteiger partial charge on any atom is 0.258 e. The van der Waals surface area contributed by atoms with Gasteiger partial charge in [0.15, 0.2) is 4.80 Å². The minimum atomic E-state index is -0.309. The summed E-state index contributed by atoms with van der Waals surface area (Å²) in [5.41, 5.74) is 0.836. The van der Waals surface area contributed by atoms with Gasteiger partial charge in [-0.1, -0.05) is 30.6 Å². The van der Waals surface area contributed by atoms with Crippen molar-refractivity contribution in [1.82, 2.24) is 9.88 Å². The molecule has 140 valence electrons. The van der Waals surface area contributed by atoms with Crippen molar-refractivity contribution in [3.63, 3.8) is 0 Å². The standard InChI is InChI=1S/C18H22FN3O2S2/c1-22-14-8-7-12(19)9-15(14)26-18(22)21-17(24)11-25-10-16(23)20-13-5-3-2-4-6-13/h7-9,13H,2-6,10-11H2,1H3,(H,20,23). The highest BCUT2D eigenvalue weighted by atomic mass is 32.2. The molecule has 2 amide bonds. The molecular weight excluding hydrogens is 373 g/mol. The van der Waals surface area contributed by atoms with Crippen LogP contribution in [-0.2, 0) is 16.6 Å². The second kappa shape index (κ2) is 8.81. The summed E-state index contributed by atoms with van der Waals surface area (Å²) in [6.07, 6.45) is 5.69. The van der Waals surface area contributed by atoms with E-state index in [0.29, 0.717) is 4.80 Å². The summed E-state index contributed by atoms with van der Waals surface area (Å²) < 4.78 is 15.8. The molecule has 26 heavy (non-hydrogen) atoms. The summed E-state index contributed by atoms with van der Waals surface area (Å²) in [5, 5.41) is 3.04. The van der Waals surface area contributed by atoms with E-state index in [4.69, 9.17) is 0 Å². The minimum Gasteiger partial charge on any atom is -0.353 e. The number of amides is 2. The zero-order valence-corrected chi connectivity index (χ0v) is 16.3. The molecule has 1 aromatic carbocycles. The van der Waals surface area contributed by atoms with E-state index in [1.54, 1.807) is 17.7 Å². The monoisotopic (exact) mass is 395 g/mol. The third kappa shape index (κ3) is 4.94. The molecule has 3 rings (SSSR count). The Kier molecular flexibility index (Phi) is 6.48. The van der Waals surface area contributed by atoms with Crippen molar-refractivity contribution < 1.29 is 14.0 Å². The van der Waals surface area contributed by atoms with Crippen LogP contribution in [0.3, 0.4) is 0 Å². The summed E-state index contributed by atoms with van der Waals surface area (Å²) >= 11 is 2.55. The van der Waals surface area contributed by atoms with Crippen molar-refractivity contribution in [3.05, 3.63) is 28.8 Å². The largest absolute Gasteiger partial charge is 0.353 e. The maximum absolute atomic E-state index is 13.3. The number of carbonyl (C=O) groups excluding carboxylic acids is 2. The van der Waals surface area contributed by atoms with E-state index in [9.17, 15) is 14.0 Å². The average molecular weight is 396 g/mol. The number of halogens is 1. The second-order valence-electron chi connectivity index (χ2n) is 6.46. The third-order valence-corrected chi connectivity index (χ3v) is 6.43. The Balaban J connectivity index is 1.53. The number of fused-ring (bicyclic) bond motifs is 1. The number of thioether (sulfide) groups is 1. The summed E-state index contributed by atoms with van der Waals surface area (Å²) in [5.74, 6) is -0.195. The van der Waals surface area contributed by atoms with Crippen LogP contribution in [0.15, 0.2) is 23.2 Å². The number of nitrogens with one attached hydrogen (secondary N) is 1. The van der Waals surface area contributed by atoms with Gasteiger partial charge in [0.1, 0.15) is 5.82 Å². The zero-order chi connectivity index (χ0) is 18.5. The topological polar surface area (TPSA) is 63.5 Å². The normalized spacial score (nSPS) is 16.2. The molecule has 1 aromatic heterocycles. The molecule has 0 aliphatic heterocycles. The van der Waals surface area contributed by atoms with Gasteiger partial charge in [-0.15, -0.1) is 11.8 Å². The number of aromatic nitrogens is 1. The maximum atomic E-state index is 13.3. The van der Waals surface area contributed by atoms with Gasteiger partial charge in [-0.3, -0.25) is 9.59 Å². The van der Waals surface area contributed by atoms with Gasteiger partial charge in [-0.05, 0) is 31.0 Å². The zero-order valence-electron chi connectivity index (χ0n) is 14.7. The number of aryl methyl sites for hydroxylation is 1. The van der Waals surface area contributed by atoms with Crippen LogP contribution in [-0.4, -0.2) is 33.9 Å². The number of thiazole rings is 1. The average Bonchev–Trinajstić information content (AvgIpc) is 2.90. The van der Waals surface area contributed by atoms with Gasteiger partial charge in [0.2, 0.25) is 5.91 Å². The first-order valence-electron chi connectivity index (χ1n) is 8.72. The lowest BCUT2D eigenvalue weighted by Gasteiger charge is -2.22. The van der Waals surface area contributed by atoms with E-state index in [-0.39, 0.29) is 35.2 Å². The lowest BCUT2D eigenvalue weighted by atomic mass is 9.95. The van der Waals surface area contributed by atoms with Gasteiger partial charge < -0.3 is 9.88 Å². The van der Waals surface area contributed by atoms with E-state index in [1.165, 1.54) is 54.5 Å². The van der Waals surface area contributed by atoms with Gasteiger partial charge in [-0.2, -0.15) is 4.99 Å². The lowest BCUT2D eigenvalue weighted by Crippen LogP contribution is -2.37. The molecule has 0 unspecified atom stereocenters. The first kappa shape index (κ1) is 19.1.